The van der Waals surface area contributed by atoms with Crippen molar-refractivity contribution in [1.82, 2.24) is 19.7 Å². The van der Waals surface area contributed by atoms with E-state index in [0.717, 1.165) is 12.2 Å². The molecule has 0 aliphatic heterocycles. The maximum Gasteiger partial charge on any atom is 0.277 e. The number of allylic oxidation sites excluding steroid dienone is 1. The highest BCUT2D eigenvalue weighted by atomic mass is 16.1. The third-order valence-corrected chi connectivity index (χ3v) is 2.18. The molecule has 5 nitrogen and oxygen atoms in total. The zero-order valence-corrected chi connectivity index (χ0v) is 8.53. The molecule has 0 aliphatic carbocycles. The summed E-state index contributed by atoms with van der Waals surface area (Å²) in [4.78, 5) is 20.0. The minimum absolute atomic E-state index is 0.104. The van der Waals surface area contributed by atoms with E-state index in [1.54, 1.807) is 12.3 Å². The predicted molar refractivity (Wildman–Crippen MR) is 57.7 cm³/mol. The van der Waals surface area contributed by atoms with Gasteiger partial charge in [0.1, 0.15) is 11.2 Å². The smallest absolute Gasteiger partial charge is 0.277 e. The number of nitrogens with zero attached hydrogens (tertiary/aromatic N) is 3. The molecular weight excluding hydrogens is 192 g/mol. The molecule has 0 unspecified atom stereocenters. The minimum atomic E-state index is -0.104. The molecule has 0 aromatic carbocycles. The van der Waals surface area contributed by atoms with Crippen molar-refractivity contribution in [3.05, 3.63) is 35.0 Å². The lowest BCUT2D eigenvalue weighted by atomic mass is 10.4. The zero-order valence-electron chi connectivity index (χ0n) is 8.53. The maximum atomic E-state index is 11.7. The Morgan fingerprint density at radius 2 is 2.47 bits per heavy atom. The predicted octanol–water partition coefficient (Wildman–Crippen LogP) is 0.868. The molecule has 0 radical (unpaired) electrons. The van der Waals surface area contributed by atoms with E-state index in [1.807, 2.05) is 6.92 Å². The molecular formula is C10H12N4O. The van der Waals surface area contributed by atoms with Crippen LogP contribution in [-0.4, -0.2) is 19.7 Å². The normalized spacial score (nSPS) is 10.7. The Hall–Kier alpha value is -1.91. The second-order valence-electron chi connectivity index (χ2n) is 3.22. The van der Waals surface area contributed by atoms with Gasteiger partial charge in [-0.15, -0.1) is 6.58 Å². The van der Waals surface area contributed by atoms with Gasteiger partial charge >= 0.3 is 0 Å². The van der Waals surface area contributed by atoms with Crippen molar-refractivity contribution in [3.63, 3.8) is 0 Å². The average molecular weight is 204 g/mol. The van der Waals surface area contributed by atoms with Crippen molar-refractivity contribution in [2.45, 2.75) is 19.9 Å². The third kappa shape index (κ3) is 1.56. The molecule has 2 aromatic heterocycles. The van der Waals surface area contributed by atoms with Gasteiger partial charge in [0.15, 0.2) is 5.65 Å². The van der Waals surface area contributed by atoms with E-state index >= 15 is 0 Å². The monoisotopic (exact) mass is 204 g/mol. The van der Waals surface area contributed by atoms with Gasteiger partial charge in [0.2, 0.25) is 0 Å². The molecule has 2 heterocycles. The third-order valence-electron chi connectivity index (χ3n) is 2.18. The first-order valence-corrected chi connectivity index (χ1v) is 4.81. The quantitative estimate of drug-likeness (QED) is 0.754. The SMILES string of the molecule is C=CCn1[nH]c2nc(CC)ncc2c1=O. The number of nitrogens with one attached hydrogen (secondary N) is 1. The number of aryl methyl sites for hydroxylation is 1. The van der Waals surface area contributed by atoms with Gasteiger partial charge in [0, 0.05) is 12.6 Å². The van der Waals surface area contributed by atoms with Gasteiger partial charge in [-0.05, 0) is 0 Å². The van der Waals surface area contributed by atoms with E-state index in [9.17, 15) is 4.79 Å². The van der Waals surface area contributed by atoms with E-state index in [2.05, 4.69) is 21.6 Å². The Morgan fingerprint density at radius 3 is 3.13 bits per heavy atom. The summed E-state index contributed by atoms with van der Waals surface area (Å²) in [5, 5.41) is 3.44. The van der Waals surface area contributed by atoms with Crippen LogP contribution >= 0.6 is 0 Å². The van der Waals surface area contributed by atoms with Crippen LogP contribution in [0.15, 0.2) is 23.6 Å². The van der Waals surface area contributed by atoms with Gasteiger partial charge < -0.3 is 0 Å². The molecule has 0 saturated carbocycles. The molecule has 0 fully saturated rings. The van der Waals surface area contributed by atoms with Crippen LogP contribution in [0.3, 0.4) is 0 Å². The van der Waals surface area contributed by atoms with Crippen molar-refractivity contribution < 1.29 is 0 Å². The zero-order chi connectivity index (χ0) is 10.8. The first kappa shape index (κ1) is 9.64. The largest absolute Gasteiger partial charge is 0.278 e. The number of H-pyrrole nitrogens is 1. The van der Waals surface area contributed by atoms with Crippen LogP contribution in [0.4, 0.5) is 0 Å². The summed E-state index contributed by atoms with van der Waals surface area (Å²) in [6.07, 6.45) is 3.98. The molecule has 0 amide bonds. The highest BCUT2D eigenvalue weighted by Gasteiger charge is 2.07. The van der Waals surface area contributed by atoms with Crippen LogP contribution in [0.5, 0.6) is 0 Å². The van der Waals surface area contributed by atoms with Gasteiger partial charge in [-0.3, -0.25) is 9.89 Å². The van der Waals surface area contributed by atoms with E-state index in [1.165, 1.54) is 4.68 Å². The minimum Gasteiger partial charge on any atom is -0.278 e. The second kappa shape index (κ2) is 3.68. The first-order valence-electron chi connectivity index (χ1n) is 4.81. The molecule has 0 saturated heterocycles. The lowest BCUT2D eigenvalue weighted by Crippen LogP contribution is -2.15. The fraction of sp³-hybridized carbons (Fsp3) is 0.300. The first-order chi connectivity index (χ1) is 7.26. The van der Waals surface area contributed by atoms with Crippen LogP contribution < -0.4 is 5.56 Å². The van der Waals surface area contributed by atoms with Gasteiger partial charge in [0.05, 0.1) is 6.54 Å². The highest BCUT2D eigenvalue weighted by Crippen LogP contribution is 2.03. The molecule has 78 valence electrons. The molecule has 15 heavy (non-hydrogen) atoms. The molecule has 0 atom stereocenters. The maximum absolute atomic E-state index is 11.7. The number of aromatic amines is 1. The van der Waals surface area contributed by atoms with E-state index in [0.29, 0.717) is 17.6 Å². The van der Waals surface area contributed by atoms with Gasteiger partial charge in [-0.25, -0.2) is 14.6 Å². The van der Waals surface area contributed by atoms with Crippen molar-refractivity contribution in [1.29, 1.82) is 0 Å². The molecule has 2 rings (SSSR count). The van der Waals surface area contributed by atoms with E-state index < -0.39 is 0 Å². The van der Waals surface area contributed by atoms with E-state index in [4.69, 9.17) is 0 Å². The summed E-state index contributed by atoms with van der Waals surface area (Å²) in [5.41, 5.74) is 0.487. The molecule has 0 bridgehead atoms. The summed E-state index contributed by atoms with van der Waals surface area (Å²) < 4.78 is 1.46. The van der Waals surface area contributed by atoms with E-state index in [-0.39, 0.29) is 5.56 Å². The summed E-state index contributed by atoms with van der Waals surface area (Å²) in [6, 6.07) is 0. The Labute approximate surface area is 86.5 Å². The molecule has 0 spiro atoms. The van der Waals surface area contributed by atoms with Crippen molar-refractivity contribution in [2.24, 2.45) is 0 Å². The summed E-state index contributed by atoms with van der Waals surface area (Å²) >= 11 is 0. The van der Waals surface area contributed by atoms with Crippen LogP contribution in [-0.2, 0) is 13.0 Å². The highest BCUT2D eigenvalue weighted by molar-refractivity contribution is 5.72. The molecule has 2 aromatic rings. The van der Waals surface area contributed by atoms with Crippen molar-refractivity contribution in [3.8, 4) is 0 Å². The van der Waals surface area contributed by atoms with Crippen LogP contribution in [0, 0.1) is 0 Å². The van der Waals surface area contributed by atoms with Crippen molar-refractivity contribution >= 4 is 11.0 Å². The molecule has 5 heteroatoms. The van der Waals surface area contributed by atoms with Crippen LogP contribution in [0.25, 0.3) is 11.0 Å². The number of rotatable bonds is 3. The van der Waals surface area contributed by atoms with Gasteiger partial charge in [0.25, 0.3) is 5.56 Å². The van der Waals surface area contributed by atoms with Gasteiger partial charge in [-0.1, -0.05) is 13.0 Å². The Kier molecular flexibility index (Phi) is 2.37. The lowest BCUT2D eigenvalue weighted by molar-refractivity contribution is 0.685. The average Bonchev–Trinajstić information content (AvgIpc) is 2.56. The lowest BCUT2D eigenvalue weighted by Gasteiger charge is -1.93. The van der Waals surface area contributed by atoms with Crippen LogP contribution in [0.2, 0.25) is 0 Å². The fourth-order valence-corrected chi connectivity index (χ4v) is 1.41. The fourth-order valence-electron chi connectivity index (χ4n) is 1.41. The number of aromatic nitrogens is 4. The standard InChI is InChI=1S/C10H12N4O/c1-3-5-14-10(15)7-6-11-8(4-2)12-9(7)13-14/h3,6H,1,4-5H2,2H3,(H,11,12,13). The summed E-state index contributed by atoms with van der Waals surface area (Å²) in [5.74, 6) is 0.731. The number of hydrogen-bond donors (Lipinski definition) is 1. The summed E-state index contributed by atoms with van der Waals surface area (Å²) in [6.45, 7) is 6.01. The Morgan fingerprint density at radius 1 is 1.67 bits per heavy atom. The molecule has 0 aliphatic rings. The summed E-state index contributed by atoms with van der Waals surface area (Å²) in [7, 11) is 0. The Balaban J connectivity index is 2.65. The number of fused-ring (bicyclic) bond motifs is 1. The van der Waals surface area contributed by atoms with Gasteiger partial charge in [-0.2, -0.15) is 0 Å². The Bertz CT molecular complexity index is 552. The number of hydrogen-bond acceptors (Lipinski definition) is 3. The molecule has 1 N–H and O–H groups in total. The second-order valence-corrected chi connectivity index (χ2v) is 3.22. The topological polar surface area (TPSA) is 63.6 Å². The van der Waals surface area contributed by atoms with Crippen molar-refractivity contribution in [2.75, 3.05) is 0 Å². The van der Waals surface area contributed by atoms with Crippen LogP contribution in [0.1, 0.15) is 12.7 Å².